The van der Waals surface area contributed by atoms with Crippen LogP contribution in [-0.2, 0) is 6.54 Å². The number of hydrogen-bond donors (Lipinski definition) is 2. The van der Waals surface area contributed by atoms with Crippen molar-refractivity contribution in [3.8, 4) is 17.2 Å². The number of ether oxygens (including phenoxy) is 3. The lowest BCUT2D eigenvalue weighted by atomic mass is 10.2. The fourth-order valence-electron chi connectivity index (χ4n) is 3.59. The zero-order valence-corrected chi connectivity index (χ0v) is 21.3. The summed E-state index contributed by atoms with van der Waals surface area (Å²) in [7, 11) is 5.03. The quantitative estimate of drug-likeness (QED) is 0.292. The van der Waals surface area contributed by atoms with Crippen molar-refractivity contribution in [2.24, 2.45) is 4.99 Å². The lowest BCUT2D eigenvalue weighted by Gasteiger charge is -2.21. The number of rotatable bonds is 8. The lowest BCUT2D eigenvalue weighted by molar-refractivity contribution is 0.321. The predicted octanol–water partition coefficient (Wildman–Crippen LogP) is 3.80. The van der Waals surface area contributed by atoms with Crippen LogP contribution in [0, 0.1) is 5.82 Å². The number of methoxy groups -OCH3 is 2. The molecule has 1 heterocycles. The fourth-order valence-corrected chi connectivity index (χ4v) is 3.59. The van der Waals surface area contributed by atoms with Gasteiger partial charge in [0.1, 0.15) is 11.5 Å². The molecule has 0 spiro atoms. The third kappa shape index (κ3) is 6.78. The van der Waals surface area contributed by atoms with Gasteiger partial charge in [0.15, 0.2) is 17.5 Å². The largest absolute Gasteiger partial charge is 0.497 e. The summed E-state index contributed by atoms with van der Waals surface area (Å²) in [5.74, 6) is 2.14. The summed E-state index contributed by atoms with van der Waals surface area (Å²) in [6.45, 7) is 4.47. The average molecular weight is 558 g/mol. The maximum atomic E-state index is 14.1. The van der Waals surface area contributed by atoms with E-state index in [9.17, 15) is 4.39 Å². The van der Waals surface area contributed by atoms with Crippen molar-refractivity contribution in [1.82, 2.24) is 10.6 Å². The first-order valence-electron chi connectivity index (χ1n) is 10.4. The van der Waals surface area contributed by atoms with Crippen molar-refractivity contribution in [3.63, 3.8) is 0 Å². The smallest absolute Gasteiger partial charge is 0.191 e. The van der Waals surface area contributed by atoms with E-state index in [-0.39, 0.29) is 41.6 Å². The van der Waals surface area contributed by atoms with E-state index in [4.69, 9.17) is 14.2 Å². The molecule has 32 heavy (non-hydrogen) atoms. The van der Waals surface area contributed by atoms with E-state index in [0.29, 0.717) is 19.1 Å². The van der Waals surface area contributed by atoms with E-state index in [0.717, 1.165) is 42.3 Å². The topological polar surface area (TPSA) is 67.4 Å². The van der Waals surface area contributed by atoms with E-state index < -0.39 is 0 Å². The molecule has 0 saturated carbocycles. The van der Waals surface area contributed by atoms with Gasteiger partial charge in [-0.25, -0.2) is 4.39 Å². The molecule has 176 valence electrons. The molecule has 0 aliphatic carbocycles. The molecule has 1 aliphatic heterocycles. The second-order valence-electron chi connectivity index (χ2n) is 7.27. The maximum Gasteiger partial charge on any atom is 0.191 e. The van der Waals surface area contributed by atoms with Gasteiger partial charge >= 0.3 is 0 Å². The first-order chi connectivity index (χ1) is 15.1. The highest BCUT2D eigenvalue weighted by molar-refractivity contribution is 14.0. The summed E-state index contributed by atoms with van der Waals surface area (Å²) >= 11 is 0. The molecule has 9 heteroatoms. The Balaban J connectivity index is 0.00000363. The van der Waals surface area contributed by atoms with Gasteiger partial charge in [-0.1, -0.05) is 6.07 Å². The van der Waals surface area contributed by atoms with Gasteiger partial charge in [-0.2, -0.15) is 0 Å². The molecule has 0 aromatic heterocycles. The van der Waals surface area contributed by atoms with Gasteiger partial charge in [0.25, 0.3) is 0 Å². The van der Waals surface area contributed by atoms with Gasteiger partial charge in [-0.05, 0) is 31.0 Å². The molecule has 1 aliphatic rings. The second-order valence-corrected chi connectivity index (χ2v) is 7.27. The summed E-state index contributed by atoms with van der Waals surface area (Å²) in [6.07, 6.45) is 0.970. The van der Waals surface area contributed by atoms with Crippen LogP contribution in [0.2, 0.25) is 0 Å². The zero-order chi connectivity index (χ0) is 22.2. The van der Waals surface area contributed by atoms with Crippen LogP contribution in [0.25, 0.3) is 0 Å². The van der Waals surface area contributed by atoms with E-state index in [1.165, 1.54) is 6.07 Å². The van der Waals surface area contributed by atoms with Crippen LogP contribution >= 0.6 is 24.0 Å². The first kappa shape index (κ1) is 25.8. The minimum absolute atomic E-state index is 0. The standard InChI is InChI=1S/C23H31FN4O3.HI/c1-5-31-22-7-6-16(10-21(22)24)14-26-23(25-2)27-17-8-9-28(15-17)18-11-19(29-3)13-20(12-18)30-4;/h6-7,10-13,17H,5,8-9,14-15H2,1-4H3,(H2,25,26,27);1H. The van der Waals surface area contributed by atoms with Crippen LogP contribution in [0.3, 0.4) is 0 Å². The Hall–Kier alpha value is -2.43. The third-order valence-electron chi connectivity index (χ3n) is 5.21. The molecule has 1 atom stereocenters. The highest BCUT2D eigenvalue weighted by Crippen LogP contribution is 2.30. The van der Waals surface area contributed by atoms with Gasteiger partial charge in [-0.15, -0.1) is 24.0 Å². The van der Waals surface area contributed by atoms with Crippen LogP contribution in [-0.4, -0.2) is 53.0 Å². The summed E-state index contributed by atoms with van der Waals surface area (Å²) < 4.78 is 30.1. The van der Waals surface area contributed by atoms with Crippen molar-refractivity contribution in [2.75, 3.05) is 45.9 Å². The number of hydrogen-bond acceptors (Lipinski definition) is 5. The van der Waals surface area contributed by atoms with Gasteiger partial charge in [-0.3, -0.25) is 4.99 Å². The Labute approximate surface area is 206 Å². The van der Waals surface area contributed by atoms with Crippen LogP contribution in [0.5, 0.6) is 17.2 Å². The van der Waals surface area contributed by atoms with Crippen LogP contribution in [0.15, 0.2) is 41.4 Å². The van der Waals surface area contributed by atoms with Gasteiger partial charge in [0.05, 0.1) is 20.8 Å². The monoisotopic (exact) mass is 558 g/mol. The zero-order valence-electron chi connectivity index (χ0n) is 19.0. The van der Waals surface area contributed by atoms with Crippen molar-refractivity contribution in [3.05, 3.63) is 47.8 Å². The first-order valence-corrected chi connectivity index (χ1v) is 10.4. The van der Waals surface area contributed by atoms with Crippen molar-refractivity contribution < 1.29 is 18.6 Å². The number of benzene rings is 2. The predicted molar refractivity (Wildman–Crippen MR) is 136 cm³/mol. The highest BCUT2D eigenvalue weighted by atomic mass is 127. The molecule has 3 rings (SSSR count). The SMILES string of the molecule is CCOc1ccc(CNC(=NC)NC2CCN(c3cc(OC)cc(OC)c3)C2)cc1F.I. The molecule has 2 aromatic rings. The Morgan fingerprint density at radius 2 is 1.88 bits per heavy atom. The summed E-state index contributed by atoms with van der Waals surface area (Å²) in [5, 5.41) is 6.71. The number of aliphatic imine (C=N–C) groups is 1. The molecule has 0 bridgehead atoms. The average Bonchev–Trinajstić information content (AvgIpc) is 3.26. The number of nitrogens with zero attached hydrogens (tertiary/aromatic N) is 2. The molecule has 7 nitrogen and oxygen atoms in total. The number of halogens is 2. The number of nitrogens with one attached hydrogen (secondary N) is 2. The highest BCUT2D eigenvalue weighted by Gasteiger charge is 2.24. The third-order valence-corrected chi connectivity index (χ3v) is 5.21. The summed E-state index contributed by atoms with van der Waals surface area (Å²) in [6, 6.07) is 11.1. The molecule has 1 unspecified atom stereocenters. The van der Waals surface area contributed by atoms with Gasteiger partial charge in [0.2, 0.25) is 0 Å². The molecular weight excluding hydrogens is 526 g/mol. The van der Waals surface area contributed by atoms with Gasteiger partial charge < -0.3 is 29.7 Å². The van der Waals surface area contributed by atoms with Crippen LogP contribution in [0.4, 0.5) is 10.1 Å². The van der Waals surface area contributed by atoms with Crippen molar-refractivity contribution in [2.45, 2.75) is 25.9 Å². The Morgan fingerprint density at radius 3 is 2.47 bits per heavy atom. The minimum atomic E-state index is -0.357. The molecule has 2 N–H and O–H groups in total. The van der Waals surface area contributed by atoms with Crippen LogP contribution < -0.4 is 29.7 Å². The molecule has 1 fully saturated rings. The minimum Gasteiger partial charge on any atom is -0.497 e. The molecular formula is C23H32FIN4O3. The Morgan fingerprint density at radius 1 is 1.16 bits per heavy atom. The fraction of sp³-hybridized carbons (Fsp3) is 0.435. The Bertz CT molecular complexity index is 891. The van der Waals surface area contributed by atoms with E-state index in [1.54, 1.807) is 27.3 Å². The van der Waals surface area contributed by atoms with Crippen molar-refractivity contribution in [1.29, 1.82) is 0 Å². The molecule has 0 radical (unpaired) electrons. The van der Waals surface area contributed by atoms with Gasteiger partial charge in [0, 0.05) is 56.6 Å². The summed E-state index contributed by atoms with van der Waals surface area (Å²) in [4.78, 5) is 6.60. The number of anilines is 1. The summed E-state index contributed by atoms with van der Waals surface area (Å²) in [5.41, 5.74) is 1.88. The van der Waals surface area contributed by atoms with E-state index >= 15 is 0 Å². The van der Waals surface area contributed by atoms with E-state index in [2.05, 4.69) is 20.5 Å². The normalized spacial score (nSPS) is 15.7. The van der Waals surface area contributed by atoms with Crippen molar-refractivity contribution >= 4 is 35.6 Å². The molecule has 1 saturated heterocycles. The lowest BCUT2D eigenvalue weighted by Crippen LogP contribution is -2.44. The molecule has 2 aromatic carbocycles. The van der Waals surface area contributed by atoms with Crippen LogP contribution in [0.1, 0.15) is 18.9 Å². The second kappa shape index (κ2) is 12.6. The Kier molecular flexibility index (Phi) is 10.1. The van der Waals surface area contributed by atoms with E-state index in [1.807, 2.05) is 31.2 Å². The maximum absolute atomic E-state index is 14.1. The number of guanidine groups is 1. The molecule has 0 amide bonds.